The zero-order chi connectivity index (χ0) is 28.1. The van der Waals surface area contributed by atoms with E-state index < -0.39 is 5.60 Å². The zero-order valence-electron chi connectivity index (χ0n) is 24.2. The number of hydrogen-bond donors (Lipinski definition) is 2. The first-order valence-electron chi connectivity index (χ1n) is 14.0. The second-order valence-electron chi connectivity index (χ2n) is 12.3. The smallest absolute Gasteiger partial charge is 0.410 e. The number of carbonyl (C=O) groups excluding carboxylic acids is 2. The van der Waals surface area contributed by atoms with Crippen LogP contribution in [0.5, 0.6) is 0 Å². The molecule has 39 heavy (non-hydrogen) atoms. The number of aromatic nitrogens is 2. The summed E-state index contributed by atoms with van der Waals surface area (Å²) in [5.74, 6) is -0.0903. The Balaban J connectivity index is 1.54. The molecule has 2 amide bonds. The Morgan fingerprint density at radius 1 is 1.10 bits per heavy atom. The summed E-state index contributed by atoms with van der Waals surface area (Å²) in [6.45, 7) is 16.4. The lowest BCUT2D eigenvalue weighted by molar-refractivity contribution is -0.124. The third-order valence-electron chi connectivity index (χ3n) is 7.81. The number of hydrogen-bond acceptors (Lipinski definition) is 5. The van der Waals surface area contributed by atoms with E-state index in [1.807, 2.05) is 34.6 Å². The molecule has 0 saturated carbocycles. The number of nitrogens with one attached hydrogen (secondary N) is 2. The van der Waals surface area contributed by atoms with Crippen molar-refractivity contribution in [1.82, 2.24) is 25.1 Å². The monoisotopic (exact) mass is 531 g/mol. The number of aryl methyl sites for hydroxylation is 2. The number of fused-ring (bicyclic) bond motifs is 1. The number of pyridine rings is 1. The van der Waals surface area contributed by atoms with Crippen LogP contribution in [0.1, 0.15) is 69.0 Å². The van der Waals surface area contributed by atoms with Gasteiger partial charge in [0.15, 0.2) is 0 Å². The number of benzene rings is 1. The van der Waals surface area contributed by atoms with Gasteiger partial charge in [-0.2, -0.15) is 0 Å². The van der Waals surface area contributed by atoms with Crippen LogP contribution in [-0.2, 0) is 9.53 Å². The van der Waals surface area contributed by atoms with Crippen molar-refractivity contribution in [2.45, 2.75) is 71.9 Å². The summed E-state index contributed by atoms with van der Waals surface area (Å²) in [7, 11) is 0. The van der Waals surface area contributed by atoms with Crippen LogP contribution < -0.4 is 10.6 Å². The topological polar surface area (TPSA) is 88.5 Å². The molecule has 3 unspecified atom stereocenters. The maximum atomic E-state index is 13.3. The van der Waals surface area contributed by atoms with Crippen molar-refractivity contribution >= 4 is 22.9 Å². The fourth-order valence-corrected chi connectivity index (χ4v) is 6.13. The second-order valence-corrected chi connectivity index (χ2v) is 12.3. The number of nitrogens with zero attached hydrogens (tertiary/aromatic N) is 3. The van der Waals surface area contributed by atoms with E-state index in [0.29, 0.717) is 32.1 Å². The van der Waals surface area contributed by atoms with Crippen molar-refractivity contribution in [3.63, 3.8) is 0 Å². The van der Waals surface area contributed by atoms with Gasteiger partial charge in [-0.05, 0) is 75.9 Å². The first-order valence-corrected chi connectivity index (χ1v) is 14.0. The zero-order valence-corrected chi connectivity index (χ0v) is 24.2. The number of rotatable bonds is 4. The van der Waals surface area contributed by atoms with E-state index in [1.165, 1.54) is 10.9 Å². The van der Waals surface area contributed by atoms with Gasteiger partial charge >= 0.3 is 6.09 Å². The van der Waals surface area contributed by atoms with E-state index in [-0.39, 0.29) is 29.9 Å². The molecule has 2 N–H and O–H groups in total. The van der Waals surface area contributed by atoms with Gasteiger partial charge in [-0.15, -0.1) is 0 Å². The summed E-state index contributed by atoms with van der Waals surface area (Å²) in [6, 6.07) is 10.5. The Bertz CT molecular complexity index is 1380. The van der Waals surface area contributed by atoms with Crippen molar-refractivity contribution in [2.75, 3.05) is 26.2 Å². The molecule has 3 aromatic rings. The summed E-state index contributed by atoms with van der Waals surface area (Å²) in [6.07, 6.45) is 1.88. The van der Waals surface area contributed by atoms with Crippen molar-refractivity contribution in [2.24, 2.45) is 5.92 Å². The Labute approximate surface area is 231 Å². The number of ether oxygens (including phenoxy) is 1. The van der Waals surface area contributed by atoms with Crippen LogP contribution in [0, 0.1) is 19.8 Å². The fraction of sp³-hybridized carbons (Fsp3) is 0.516. The molecular formula is C31H41N5O3. The number of piperazine rings is 1. The second kappa shape index (κ2) is 10.3. The molecule has 1 aromatic carbocycles. The van der Waals surface area contributed by atoms with Crippen LogP contribution >= 0.6 is 0 Å². The fourth-order valence-electron chi connectivity index (χ4n) is 6.13. The highest BCUT2D eigenvalue weighted by molar-refractivity contribution is 5.88. The van der Waals surface area contributed by atoms with E-state index in [0.717, 1.165) is 28.2 Å². The van der Waals surface area contributed by atoms with Crippen molar-refractivity contribution in [1.29, 1.82) is 0 Å². The highest BCUT2D eigenvalue weighted by atomic mass is 16.6. The summed E-state index contributed by atoms with van der Waals surface area (Å²) >= 11 is 0. The van der Waals surface area contributed by atoms with Gasteiger partial charge < -0.3 is 24.8 Å². The lowest BCUT2D eigenvalue weighted by Crippen LogP contribution is -2.59. The van der Waals surface area contributed by atoms with E-state index >= 15 is 0 Å². The highest BCUT2D eigenvalue weighted by Gasteiger charge is 2.46. The summed E-state index contributed by atoms with van der Waals surface area (Å²) in [5, 5.41) is 7.69. The molecule has 3 atom stereocenters. The quantitative estimate of drug-likeness (QED) is 0.505. The Morgan fingerprint density at radius 3 is 2.49 bits per heavy atom. The molecule has 0 bridgehead atoms. The largest absolute Gasteiger partial charge is 0.444 e. The molecular weight excluding hydrogens is 490 g/mol. The molecule has 2 aliphatic heterocycles. The van der Waals surface area contributed by atoms with Crippen LogP contribution in [0.2, 0.25) is 0 Å². The van der Waals surface area contributed by atoms with Gasteiger partial charge in [0.05, 0.1) is 17.5 Å². The first kappa shape index (κ1) is 27.2. The van der Waals surface area contributed by atoms with Gasteiger partial charge in [-0.1, -0.05) is 19.9 Å². The Morgan fingerprint density at radius 2 is 1.82 bits per heavy atom. The van der Waals surface area contributed by atoms with Gasteiger partial charge in [-0.25, -0.2) is 4.79 Å². The summed E-state index contributed by atoms with van der Waals surface area (Å²) in [4.78, 5) is 32.7. The van der Waals surface area contributed by atoms with Crippen LogP contribution in [0.3, 0.4) is 0 Å². The van der Waals surface area contributed by atoms with Crippen LogP contribution in [-0.4, -0.2) is 64.3 Å². The molecule has 2 fully saturated rings. The number of amides is 2. The standard InChI is InChI=1S/C31H41N5O3/c1-18(2)25-17-36(22-12-19(3)34-20(4)13-22)26-9-8-21(14-23(25)26)24-15-33-29(37)28(24)27-16-32-10-11-35(27)30(38)39-31(5,6)7/h8-9,12-14,17-18,24,27-28,32H,10-11,15-16H2,1-7H3,(H,33,37). The molecule has 0 radical (unpaired) electrons. The van der Waals surface area contributed by atoms with Gasteiger partial charge in [0.2, 0.25) is 5.91 Å². The Kier molecular flexibility index (Phi) is 7.18. The molecule has 0 aliphatic carbocycles. The number of carbonyl (C=O) groups is 2. The highest BCUT2D eigenvalue weighted by Crippen LogP contribution is 2.38. The van der Waals surface area contributed by atoms with Gasteiger partial charge in [0.25, 0.3) is 0 Å². The minimum absolute atomic E-state index is 0.00764. The molecule has 2 aliphatic rings. The maximum Gasteiger partial charge on any atom is 0.410 e. The summed E-state index contributed by atoms with van der Waals surface area (Å²) < 4.78 is 7.98. The van der Waals surface area contributed by atoms with Crippen LogP contribution in [0.4, 0.5) is 4.79 Å². The molecule has 8 nitrogen and oxygen atoms in total. The summed E-state index contributed by atoms with van der Waals surface area (Å²) in [5.41, 5.74) is 6.00. The predicted molar refractivity (Wildman–Crippen MR) is 153 cm³/mol. The third kappa shape index (κ3) is 5.39. The molecule has 8 heteroatoms. The molecule has 2 aromatic heterocycles. The molecule has 2 saturated heterocycles. The Hall–Kier alpha value is -3.39. The molecule has 5 rings (SSSR count). The van der Waals surface area contributed by atoms with Crippen molar-refractivity contribution in [3.8, 4) is 5.69 Å². The normalized spacial score (nSPS) is 22.0. The minimum atomic E-state index is -0.596. The lowest BCUT2D eigenvalue weighted by atomic mass is 9.81. The van der Waals surface area contributed by atoms with E-state index in [2.05, 4.69) is 70.6 Å². The first-order chi connectivity index (χ1) is 18.4. The van der Waals surface area contributed by atoms with Crippen molar-refractivity contribution < 1.29 is 14.3 Å². The average Bonchev–Trinajstić information content (AvgIpc) is 3.42. The molecule has 0 spiro atoms. The molecule has 4 heterocycles. The predicted octanol–water partition coefficient (Wildman–Crippen LogP) is 4.80. The third-order valence-corrected chi connectivity index (χ3v) is 7.81. The van der Waals surface area contributed by atoms with E-state index in [1.54, 1.807) is 4.90 Å². The molecule has 208 valence electrons. The lowest BCUT2D eigenvalue weighted by Gasteiger charge is -2.40. The minimum Gasteiger partial charge on any atom is -0.444 e. The van der Waals surface area contributed by atoms with E-state index in [4.69, 9.17) is 4.74 Å². The van der Waals surface area contributed by atoms with Crippen LogP contribution in [0.25, 0.3) is 16.6 Å². The average molecular weight is 532 g/mol. The van der Waals surface area contributed by atoms with Crippen LogP contribution in [0.15, 0.2) is 36.5 Å². The van der Waals surface area contributed by atoms with Gasteiger partial charge in [-0.3, -0.25) is 9.78 Å². The van der Waals surface area contributed by atoms with Crippen molar-refractivity contribution in [3.05, 3.63) is 59.0 Å². The van der Waals surface area contributed by atoms with Gasteiger partial charge in [0, 0.05) is 60.8 Å². The van der Waals surface area contributed by atoms with Gasteiger partial charge in [0.1, 0.15) is 5.60 Å². The maximum absolute atomic E-state index is 13.3. The SMILES string of the molecule is Cc1cc(-n2cc(C(C)C)c3cc(C4CNC(=O)C4C4CNCCN4C(=O)OC(C)(C)C)ccc32)cc(C)n1. The van der Waals surface area contributed by atoms with E-state index in [9.17, 15) is 9.59 Å².